The Balaban J connectivity index is 1.31. The number of nitrogens with one attached hydrogen (secondary N) is 1. The highest BCUT2D eigenvalue weighted by atomic mass is 32.2. The van der Waals surface area contributed by atoms with Gasteiger partial charge in [0.15, 0.2) is 0 Å². The van der Waals surface area contributed by atoms with Gasteiger partial charge >= 0.3 is 5.84 Å². The van der Waals surface area contributed by atoms with Crippen molar-refractivity contribution in [2.24, 2.45) is 0 Å². The first-order chi connectivity index (χ1) is 16.5. The molecule has 10 nitrogen and oxygen atoms in total. The molecule has 0 amide bonds. The molecule has 1 saturated carbocycles. The number of oxazole rings is 1. The van der Waals surface area contributed by atoms with E-state index in [1.165, 1.54) is 0 Å². The van der Waals surface area contributed by atoms with Crippen LogP contribution in [-0.4, -0.2) is 61.6 Å². The van der Waals surface area contributed by atoms with Gasteiger partial charge in [-0.1, -0.05) is 12.1 Å². The second kappa shape index (κ2) is 8.10. The van der Waals surface area contributed by atoms with Gasteiger partial charge < -0.3 is 14.8 Å². The van der Waals surface area contributed by atoms with Crippen molar-refractivity contribution in [3.8, 4) is 28.4 Å². The molecule has 1 aliphatic carbocycles. The number of fused-ring (bicyclic) bond motifs is 1. The lowest BCUT2D eigenvalue weighted by Crippen LogP contribution is -2.46. The van der Waals surface area contributed by atoms with Crippen molar-refractivity contribution in [3.63, 3.8) is 0 Å². The van der Waals surface area contributed by atoms with E-state index in [0.717, 1.165) is 31.2 Å². The number of sulfonamides is 1. The van der Waals surface area contributed by atoms with Crippen molar-refractivity contribution in [1.82, 2.24) is 23.7 Å². The van der Waals surface area contributed by atoms with Gasteiger partial charge in [0.05, 0.1) is 10.9 Å². The van der Waals surface area contributed by atoms with Crippen LogP contribution < -0.4 is 5.32 Å². The minimum Gasteiger partial charge on any atom is -0.508 e. The van der Waals surface area contributed by atoms with Crippen LogP contribution in [0.5, 0.6) is 5.75 Å². The van der Waals surface area contributed by atoms with E-state index < -0.39 is 10.0 Å². The zero-order valence-electron chi connectivity index (χ0n) is 18.3. The average molecular weight is 481 g/mol. The molecule has 0 unspecified atom stereocenters. The van der Waals surface area contributed by atoms with Crippen molar-refractivity contribution in [3.05, 3.63) is 49.0 Å². The molecular weight excluding hydrogens is 456 g/mol. The zero-order chi connectivity index (χ0) is 23.3. The Morgan fingerprint density at radius 1 is 1.15 bits per heavy atom. The Bertz CT molecular complexity index is 1460. The highest BCUT2D eigenvalue weighted by Gasteiger charge is 2.41. The molecule has 34 heavy (non-hydrogen) atoms. The number of aromatic nitrogens is 4. The minimum absolute atomic E-state index is 0.0672. The van der Waals surface area contributed by atoms with Crippen LogP contribution in [0.4, 0.5) is 5.95 Å². The number of rotatable bonds is 6. The van der Waals surface area contributed by atoms with Crippen LogP contribution in [0.3, 0.4) is 0 Å². The standard InChI is InChI=1S/C23H24N6O4S/c30-17-5-1-3-15(13-17)20-21(29-11-12-33-23(29)27-20)19-8-9-24-22(26-19)25-16-4-2-10-28(14-16)34(31,32)18-6-7-18/h1,3,5,8-9,11-13,16,18,30H,2,4,6-7,10,14H2,(H,24,25,26)/t16-/m1/s1. The summed E-state index contributed by atoms with van der Waals surface area (Å²) in [5, 5.41) is 13.1. The number of aromatic hydroxyl groups is 1. The van der Waals surface area contributed by atoms with Gasteiger partial charge in [-0.15, -0.1) is 0 Å². The SMILES string of the molecule is O=S(=O)(C1CC1)N1CCC[C@@H](Nc2nccc(-c3c(-c4cccc(O)c4)nc4occn34)n2)C1. The minimum atomic E-state index is -3.21. The summed E-state index contributed by atoms with van der Waals surface area (Å²) in [4.78, 5) is 13.7. The third-order valence-corrected chi connectivity index (χ3v) is 8.67. The second-order valence-electron chi connectivity index (χ2n) is 8.77. The largest absolute Gasteiger partial charge is 0.508 e. The van der Waals surface area contributed by atoms with Crippen molar-refractivity contribution >= 4 is 21.8 Å². The Hall–Kier alpha value is -3.44. The smallest absolute Gasteiger partial charge is 0.306 e. The Labute approximate surface area is 196 Å². The molecule has 2 N–H and O–H groups in total. The maximum Gasteiger partial charge on any atom is 0.306 e. The molecule has 11 heteroatoms. The van der Waals surface area contributed by atoms with Gasteiger partial charge in [-0.25, -0.2) is 18.4 Å². The monoisotopic (exact) mass is 480 g/mol. The number of hydrogen-bond acceptors (Lipinski definition) is 8. The zero-order valence-corrected chi connectivity index (χ0v) is 19.1. The maximum absolute atomic E-state index is 12.7. The van der Waals surface area contributed by atoms with Gasteiger partial charge in [-0.2, -0.15) is 9.29 Å². The van der Waals surface area contributed by atoms with Crippen LogP contribution in [0.1, 0.15) is 25.7 Å². The number of phenolic OH excluding ortho intramolecular Hbond substituents is 1. The van der Waals surface area contributed by atoms with Gasteiger partial charge in [-0.05, 0) is 43.9 Å². The maximum atomic E-state index is 12.7. The average Bonchev–Trinajstić information content (AvgIpc) is 3.50. The topological polar surface area (TPSA) is 126 Å². The summed E-state index contributed by atoms with van der Waals surface area (Å²) in [5.41, 5.74) is 2.69. The van der Waals surface area contributed by atoms with Gasteiger partial charge in [0, 0.05) is 37.1 Å². The van der Waals surface area contributed by atoms with Crippen LogP contribution in [0.2, 0.25) is 0 Å². The third-order valence-electron chi connectivity index (χ3n) is 6.30. The summed E-state index contributed by atoms with van der Waals surface area (Å²) in [5.74, 6) is 0.976. The van der Waals surface area contributed by atoms with Gasteiger partial charge in [-0.3, -0.25) is 4.40 Å². The summed E-state index contributed by atoms with van der Waals surface area (Å²) < 4.78 is 34.3. The Morgan fingerprint density at radius 2 is 2.03 bits per heavy atom. The predicted molar refractivity (Wildman–Crippen MR) is 126 cm³/mol. The molecule has 1 aromatic carbocycles. The molecule has 0 bridgehead atoms. The number of piperidine rings is 1. The highest BCUT2D eigenvalue weighted by Crippen LogP contribution is 2.34. The lowest BCUT2D eigenvalue weighted by Gasteiger charge is -2.32. The van der Waals surface area contributed by atoms with Crippen LogP contribution in [0.25, 0.3) is 28.5 Å². The molecule has 4 heterocycles. The fraction of sp³-hybridized carbons (Fsp3) is 0.348. The van der Waals surface area contributed by atoms with Gasteiger partial charge in [0.25, 0.3) is 0 Å². The summed E-state index contributed by atoms with van der Waals surface area (Å²) in [6, 6.07) is 8.59. The lowest BCUT2D eigenvalue weighted by atomic mass is 10.1. The molecule has 6 rings (SSSR count). The number of anilines is 1. The number of imidazole rings is 1. The van der Waals surface area contributed by atoms with E-state index in [1.54, 1.807) is 51.6 Å². The van der Waals surface area contributed by atoms with Crippen LogP contribution in [0.15, 0.2) is 53.4 Å². The van der Waals surface area contributed by atoms with Crippen molar-refractivity contribution in [2.45, 2.75) is 37.0 Å². The molecule has 1 saturated heterocycles. The van der Waals surface area contributed by atoms with E-state index in [9.17, 15) is 13.5 Å². The van der Waals surface area contributed by atoms with E-state index >= 15 is 0 Å². The van der Waals surface area contributed by atoms with E-state index in [0.29, 0.717) is 42.0 Å². The van der Waals surface area contributed by atoms with Crippen molar-refractivity contribution in [2.75, 3.05) is 18.4 Å². The van der Waals surface area contributed by atoms with E-state index in [-0.39, 0.29) is 17.0 Å². The van der Waals surface area contributed by atoms with Gasteiger partial charge in [0.1, 0.15) is 23.4 Å². The summed E-state index contributed by atoms with van der Waals surface area (Å²) in [6.07, 6.45) is 8.14. The number of hydrogen-bond donors (Lipinski definition) is 2. The molecule has 0 spiro atoms. The molecule has 1 atom stereocenters. The van der Waals surface area contributed by atoms with E-state index in [1.807, 2.05) is 6.07 Å². The fourth-order valence-electron chi connectivity index (χ4n) is 4.50. The van der Waals surface area contributed by atoms with E-state index in [4.69, 9.17) is 9.40 Å². The molecule has 4 aromatic rings. The summed E-state index contributed by atoms with van der Waals surface area (Å²) in [7, 11) is -3.21. The van der Waals surface area contributed by atoms with Gasteiger partial charge in [0.2, 0.25) is 16.0 Å². The first-order valence-corrected chi connectivity index (χ1v) is 12.8. The van der Waals surface area contributed by atoms with Crippen LogP contribution in [-0.2, 0) is 10.0 Å². The lowest BCUT2D eigenvalue weighted by molar-refractivity contribution is 0.326. The predicted octanol–water partition coefficient (Wildman–Crippen LogP) is 3.13. The second-order valence-corrected chi connectivity index (χ2v) is 11.0. The normalized spacial score (nSPS) is 19.5. The fourth-order valence-corrected chi connectivity index (χ4v) is 6.42. The molecule has 3 aromatic heterocycles. The third kappa shape index (κ3) is 3.80. The summed E-state index contributed by atoms with van der Waals surface area (Å²) in [6.45, 7) is 0.985. The molecular formula is C23H24N6O4S. The molecule has 2 aliphatic rings. The molecule has 0 radical (unpaired) electrons. The van der Waals surface area contributed by atoms with Crippen LogP contribution in [0, 0.1) is 0 Å². The number of benzene rings is 1. The van der Waals surface area contributed by atoms with E-state index in [2.05, 4.69) is 15.3 Å². The Morgan fingerprint density at radius 3 is 2.85 bits per heavy atom. The number of phenols is 1. The van der Waals surface area contributed by atoms with Crippen LogP contribution >= 0.6 is 0 Å². The quantitative estimate of drug-likeness (QED) is 0.431. The number of nitrogens with zero attached hydrogens (tertiary/aromatic N) is 5. The highest BCUT2D eigenvalue weighted by molar-refractivity contribution is 7.90. The van der Waals surface area contributed by atoms with Crippen molar-refractivity contribution in [1.29, 1.82) is 0 Å². The molecule has 2 fully saturated rings. The summed E-state index contributed by atoms with van der Waals surface area (Å²) >= 11 is 0. The molecule has 1 aliphatic heterocycles. The first-order valence-electron chi connectivity index (χ1n) is 11.3. The van der Waals surface area contributed by atoms with Crippen molar-refractivity contribution < 1.29 is 17.9 Å². The molecule has 176 valence electrons. The Kier molecular flexibility index (Phi) is 5.03. The first kappa shape index (κ1) is 21.1.